The molecule has 0 aromatic carbocycles. The molecule has 3 rings (SSSR count). The largest absolute Gasteiger partial charge is 0.333 e. The third-order valence-corrected chi connectivity index (χ3v) is 4.33. The maximum Gasteiger partial charge on any atom is 0.261 e. The fraction of sp³-hybridized carbons (Fsp3) is 0.600. The Morgan fingerprint density at radius 2 is 2.10 bits per heavy atom. The number of hydrogen-bond donors (Lipinski definition) is 2. The van der Waals surface area contributed by atoms with Crippen molar-refractivity contribution >= 4 is 18.3 Å². The first kappa shape index (κ1) is 16.0. The Balaban J connectivity index is 0.00000161. The number of rotatable bonds is 1. The fourth-order valence-electron chi connectivity index (χ4n) is 3.13. The summed E-state index contributed by atoms with van der Waals surface area (Å²) >= 11 is 0. The van der Waals surface area contributed by atoms with Crippen LogP contribution in [0.4, 0.5) is 0 Å². The van der Waals surface area contributed by atoms with E-state index >= 15 is 0 Å². The highest BCUT2D eigenvalue weighted by Gasteiger charge is 2.26. The van der Waals surface area contributed by atoms with E-state index in [9.17, 15) is 9.59 Å². The molecule has 0 saturated carbocycles. The molecule has 21 heavy (non-hydrogen) atoms. The summed E-state index contributed by atoms with van der Waals surface area (Å²) in [5, 5.41) is 3.26. The van der Waals surface area contributed by atoms with Crippen LogP contribution < -0.4 is 10.9 Å². The van der Waals surface area contributed by atoms with Gasteiger partial charge in [0.25, 0.3) is 11.5 Å². The first-order chi connectivity index (χ1) is 9.66. The van der Waals surface area contributed by atoms with Crippen LogP contribution in [0, 0.1) is 0 Å². The number of H-pyrrole nitrogens is 1. The van der Waals surface area contributed by atoms with Gasteiger partial charge in [0, 0.05) is 31.4 Å². The van der Waals surface area contributed by atoms with Gasteiger partial charge in [0.2, 0.25) is 0 Å². The number of nitrogens with one attached hydrogen (secondary N) is 2. The molecule has 1 saturated heterocycles. The molecule has 1 aromatic heterocycles. The van der Waals surface area contributed by atoms with Gasteiger partial charge in [0.05, 0.1) is 0 Å². The molecular weight excluding hydrogens is 290 g/mol. The highest BCUT2D eigenvalue weighted by molar-refractivity contribution is 5.94. The Morgan fingerprint density at radius 3 is 2.86 bits per heavy atom. The normalized spacial score (nSPS) is 21.4. The third-order valence-electron chi connectivity index (χ3n) is 4.33. The van der Waals surface area contributed by atoms with Gasteiger partial charge in [-0.2, -0.15) is 0 Å². The van der Waals surface area contributed by atoms with Crippen LogP contribution in [0.5, 0.6) is 0 Å². The van der Waals surface area contributed by atoms with Crippen molar-refractivity contribution in [3.05, 3.63) is 33.2 Å². The molecule has 0 spiro atoms. The number of halogens is 1. The lowest BCUT2D eigenvalue weighted by atomic mass is 9.94. The van der Waals surface area contributed by atoms with Gasteiger partial charge in [-0.1, -0.05) is 0 Å². The molecule has 2 N–H and O–H groups in total. The number of pyridine rings is 1. The Hall–Kier alpha value is -1.33. The number of hydrogen-bond acceptors (Lipinski definition) is 3. The maximum absolute atomic E-state index is 12.6. The second-order valence-corrected chi connectivity index (χ2v) is 5.77. The fourth-order valence-corrected chi connectivity index (χ4v) is 3.13. The number of carbonyl (C=O) groups is 1. The molecule has 1 atom stereocenters. The smallest absolute Gasteiger partial charge is 0.261 e. The van der Waals surface area contributed by atoms with Crippen molar-refractivity contribution in [3.8, 4) is 0 Å². The molecule has 0 radical (unpaired) electrons. The molecule has 1 aliphatic carbocycles. The SMILES string of the molecule is CC1CNCCN1C(=O)c1cc2c([nH]c1=O)CCCC2.Cl. The lowest BCUT2D eigenvalue weighted by molar-refractivity contribution is 0.0653. The van der Waals surface area contributed by atoms with E-state index < -0.39 is 0 Å². The Bertz CT molecular complexity index is 585. The number of aryl methyl sites for hydroxylation is 2. The van der Waals surface area contributed by atoms with E-state index in [1.807, 2.05) is 13.0 Å². The van der Waals surface area contributed by atoms with E-state index in [1.165, 1.54) is 0 Å². The van der Waals surface area contributed by atoms with Gasteiger partial charge in [-0.15, -0.1) is 12.4 Å². The highest BCUT2D eigenvalue weighted by Crippen LogP contribution is 2.19. The summed E-state index contributed by atoms with van der Waals surface area (Å²) < 4.78 is 0. The van der Waals surface area contributed by atoms with Crippen LogP contribution in [-0.2, 0) is 12.8 Å². The number of aromatic amines is 1. The molecular formula is C15H22ClN3O2. The summed E-state index contributed by atoms with van der Waals surface area (Å²) in [4.78, 5) is 29.5. The van der Waals surface area contributed by atoms with Crippen molar-refractivity contribution in [2.24, 2.45) is 0 Å². The molecule has 1 aromatic rings. The summed E-state index contributed by atoms with van der Waals surface area (Å²) in [6, 6.07) is 1.96. The molecule has 6 heteroatoms. The summed E-state index contributed by atoms with van der Waals surface area (Å²) in [5.74, 6) is -0.131. The monoisotopic (exact) mass is 311 g/mol. The predicted molar refractivity (Wildman–Crippen MR) is 84.3 cm³/mol. The van der Waals surface area contributed by atoms with Crippen LogP contribution in [0.2, 0.25) is 0 Å². The quantitative estimate of drug-likeness (QED) is 0.816. The number of amides is 1. The topological polar surface area (TPSA) is 65.2 Å². The minimum atomic E-state index is -0.235. The zero-order chi connectivity index (χ0) is 14.1. The van der Waals surface area contributed by atoms with E-state index in [0.717, 1.165) is 50.0 Å². The minimum absolute atomic E-state index is 0. The number of aromatic nitrogens is 1. The minimum Gasteiger partial charge on any atom is -0.333 e. The molecule has 1 amide bonds. The molecule has 116 valence electrons. The van der Waals surface area contributed by atoms with Crippen LogP contribution in [-0.4, -0.2) is 41.5 Å². The molecule has 2 aliphatic rings. The van der Waals surface area contributed by atoms with E-state index in [0.29, 0.717) is 12.1 Å². The number of nitrogens with zero attached hydrogens (tertiary/aromatic N) is 1. The molecule has 1 unspecified atom stereocenters. The van der Waals surface area contributed by atoms with Gasteiger partial charge < -0.3 is 15.2 Å². The van der Waals surface area contributed by atoms with Crippen LogP contribution in [0.3, 0.4) is 0 Å². The van der Waals surface area contributed by atoms with Gasteiger partial charge in [-0.3, -0.25) is 9.59 Å². The van der Waals surface area contributed by atoms with Crippen LogP contribution in [0.1, 0.15) is 41.4 Å². The Kier molecular flexibility index (Phi) is 5.06. The summed E-state index contributed by atoms with van der Waals surface area (Å²) in [7, 11) is 0. The number of piperazine rings is 1. The Labute approximate surface area is 130 Å². The van der Waals surface area contributed by atoms with Gasteiger partial charge in [0.1, 0.15) is 5.56 Å². The maximum atomic E-state index is 12.6. The van der Waals surface area contributed by atoms with Crippen molar-refractivity contribution in [3.63, 3.8) is 0 Å². The van der Waals surface area contributed by atoms with Crippen molar-refractivity contribution in [2.45, 2.75) is 38.6 Å². The number of carbonyl (C=O) groups excluding carboxylic acids is 1. The second kappa shape index (κ2) is 6.62. The molecule has 5 nitrogen and oxygen atoms in total. The van der Waals surface area contributed by atoms with Gasteiger partial charge in [-0.25, -0.2) is 0 Å². The Morgan fingerprint density at radius 1 is 1.33 bits per heavy atom. The average Bonchev–Trinajstić information content (AvgIpc) is 2.46. The highest BCUT2D eigenvalue weighted by atomic mass is 35.5. The molecule has 1 aliphatic heterocycles. The third kappa shape index (κ3) is 3.14. The summed E-state index contributed by atoms with van der Waals surface area (Å²) in [6.45, 7) is 4.25. The van der Waals surface area contributed by atoms with Crippen LogP contribution in [0.15, 0.2) is 10.9 Å². The van der Waals surface area contributed by atoms with Crippen molar-refractivity contribution in [1.82, 2.24) is 15.2 Å². The zero-order valence-electron chi connectivity index (χ0n) is 12.3. The summed E-state index contributed by atoms with van der Waals surface area (Å²) in [6.07, 6.45) is 4.13. The van der Waals surface area contributed by atoms with Gasteiger partial charge in [-0.05, 0) is 44.2 Å². The molecule has 1 fully saturated rings. The number of fused-ring (bicyclic) bond motifs is 1. The van der Waals surface area contributed by atoms with E-state index in [4.69, 9.17) is 0 Å². The zero-order valence-corrected chi connectivity index (χ0v) is 13.1. The molecule has 2 heterocycles. The van der Waals surface area contributed by atoms with Gasteiger partial charge >= 0.3 is 0 Å². The van der Waals surface area contributed by atoms with Crippen LogP contribution >= 0.6 is 12.4 Å². The van der Waals surface area contributed by atoms with E-state index in [1.54, 1.807) is 4.90 Å². The van der Waals surface area contributed by atoms with Gasteiger partial charge in [0.15, 0.2) is 0 Å². The van der Waals surface area contributed by atoms with E-state index in [-0.39, 0.29) is 29.9 Å². The van der Waals surface area contributed by atoms with Crippen molar-refractivity contribution in [1.29, 1.82) is 0 Å². The predicted octanol–water partition coefficient (Wildman–Crippen LogP) is 1.11. The van der Waals surface area contributed by atoms with Crippen molar-refractivity contribution < 1.29 is 4.79 Å². The van der Waals surface area contributed by atoms with Crippen molar-refractivity contribution in [2.75, 3.05) is 19.6 Å². The lowest BCUT2D eigenvalue weighted by Crippen LogP contribution is -2.53. The average molecular weight is 312 g/mol. The second-order valence-electron chi connectivity index (χ2n) is 5.77. The lowest BCUT2D eigenvalue weighted by Gasteiger charge is -2.34. The first-order valence-electron chi connectivity index (χ1n) is 7.43. The standard InChI is InChI=1S/C15H21N3O2.ClH/c1-10-9-16-6-7-18(10)15(20)12-8-11-4-2-3-5-13(11)17-14(12)19;/h8,10,16H,2-7,9H2,1H3,(H,17,19);1H. The van der Waals surface area contributed by atoms with E-state index in [2.05, 4.69) is 10.3 Å². The molecule has 0 bridgehead atoms. The van der Waals surface area contributed by atoms with Crippen LogP contribution in [0.25, 0.3) is 0 Å². The summed E-state index contributed by atoms with van der Waals surface area (Å²) in [5.41, 5.74) is 2.23. The first-order valence-corrected chi connectivity index (χ1v) is 7.43.